The van der Waals surface area contributed by atoms with Gasteiger partial charge in [0.1, 0.15) is 5.75 Å². The van der Waals surface area contributed by atoms with E-state index < -0.39 is 0 Å². The summed E-state index contributed by atoms with van der Waals surface area (Å²) in [4.78, 5) is 0. The molecule has 0 aliphatic carbocycles. The molecule has 1 aromatic carbocycles. The third-order valence-corrected chi connectivity index (χ3v) is 1.79. The van der Waals surface area contributed by atoms with Crippen molar-refractivity contribution in [3.8, 4) is 5.75 Å². The number of hydrogen-bond acceptors (Lipinski definition) is 1. The van der Waals surface area contributed by atoms with E-state index in [2.05, 4.69) is 6.92 Å². The quantitative estimate of drug-likeness (QED) is 0.724. The van der Waals surface area contributed by atoms with Gasteiger partial charge in [-0.05, 0) is 24.5 Å². The van der Waals surface area contributed by atoms with Gasteiger partial charge in [0.15, 0.2) is 0 Å². The Balaban J connectivity index is 0.00000121. The Morgan fingerprint density at radius 1 is 1.25 bits per heavy atom. The number of para-hydroxylation sites is 1. The van der Waals surface area contributed by atoms with Gasteiger partial charge >= 0.3 is 51.4 Å². The molecule has 12 heavy (non-hydrogen) atoms. The first-order chi connectivity index (χ1) is 5.34. The molecule has 0 aliphatic heterocycles. The first-order valence-electron chi connectivity index (χ1n) is 4.11. The molecule has 1 rings (SSSR count). The van der Waals surface area contributed by atoms with Crippen LogP contribution in [0.15, 0.2) is 24.3 Å². The van der Waals surface area contributed by atoms with Crippen LogP contribution in [0.25, 0.3) is 0 Å². The van der Waals surface area contributed by atoms with Gasteiger partial charge in [-0.3, -0.25) is 0 Å². The zero-order valence-corrected chi connectivity index (χ0v) is 6.88. The molecule has 0 fully saturated rings. The molecule has 0 saturated carbocycles. The van der Waals surface area contributed by atoms with E-state index >= 15 is 0 Å². The number of unbranched alkanes of at least 4 members (excludes halogenated alkanes) is 1. The number of aromatic hydroxyl groups is 1. The summed E-state index contributed by atoms with van der Waals surface area (Å²) in [5.74, 6) is 0.431. The summed E-state index contributed by atoms with van der Waals surface area (Å²) in [6, 6.07) is 7.53. The van der Waals surface area contributed by atoms with Crippen LogP contribution >= 0.6 is 0 Å². The van der Waals surface area contributed by atoms with Crippen molar-refractivity contribution >= 4 is 51.4 Å². The Hall–Kier alpha value is 0.656. The molecule has 0 bridgehead atoms. The van der Waals surface area contributed by atoms with E-state index in [9.17, 15) is 5.11 Å². The standard InChI is InChI=1S/C10H14O.K.H/c1-2-3-6-9-7-4-5-8-10(9)11;;/h4-5,7-8,11H,2-3,6H2,1H3;;. The van der Waals surface area contributed by atoms with E-state index in [0.717, 1.165) is 18.4 Å². The van der Waals surface area contributed by atoms with Crippen LogP contribution in [0.3, 0.4) is 0 Å². The Bertz CT molecular complexity index is 223. The number of phenolic OH excluding ortho intramolecular Hbond substituents is 1. The van der Waals surface area contributed by atoms with Gasteiger partial charge in [0, 0.05) is 0 Å². The molecule has 1 nitrogen and oxygen atoms in total. The number of hydrogen-bond donors (Lipinski definition) is 1. The van der Waals surface area contributed by atoms with Gasteiger partial charge in [0.2, 0.25) is 0 Å². The van der Waals surface area contributed by atoms with Crippen LogP contribution in [-0.2, 0) is 6.42 Å². The average Bonchev–Trinajstić information content (AvgIpc) is 2.03. The van der Waals surface area contributed by atoms with Crippen molar-refractivity contribution in [2.45, 2.75) is 26.2 Å². The number of aryl methyl sites for hydroxylation is 1. The monoisotopic (exact) mass is 190 g/mol. The minimum atomic E-state index is 0. The Morgan fingerprint density at radius 2 is 1.92 bits per heavy atom. The summed E-state index contributed by atoms with van der Waals surface area (Å²) in [6.07, 6.45) is 3.31. The summed E-state index contributed by atoms with van der Waals surface area (Å²) < 4.78 is 0. The molecule has 0 saturated heterocycles. The van der Waals surface area contributed by atoms with E-state index in [1.165, 1.54) is 6.42 Å². The molecule has 62 valence electrons. The topological polar surface area (TPSA) is 20.2 Å². The number of phenols is 1. The predicted molar refractivity (Wildman–Crippen MR) is 53.9 cm³/mol. The van der Waals surface area contributed by atoms with Crippen molar-refractivity contribution < 1.29 is 5.11 Å². The fourth-order valence-corrected chi connectivity index (χ4v) is 1.09. The first kappa shape index (κ1) is 12.7. The third kappa shape index (κ3) is 4.05. The van der Waals surface area contributed by atoms with Crippen molar-refractivity contribution in [2.24, 2.45) is 0 Å². The summed E-state index contributed by atoms with van der Waals surface area (Å²) in [5.41, 5.74) is 1.06. The van der Waals surface area contributed by atoms with Gasteiger partial charge in [0.25, 0.3) is 0 Å². The van der Waals surface area contributed by atoms with E-state index in [0.29, 0.717) is 5.75 Å². The molecule has 1 aromatic rings. The number of rotatable bonds is 3. The Kier molecular flexibility index (Phi) is 7.49. The second kappa shape index (κ2) is 7.10. The second-order valence-corrected chi connectivity index (χ2v) is 2.73. The molecule has 1 N–H and O–H groups in total. The van der Waals surface area contributed by atoms with E-state index in [1.54, 1.807) is 6.07 Å². The van der Waals surface area contributed by atoms with Crippen LogP contribution in [0.5, 0.6) is 5.75 Å². The Labute approximate surface area is 117 Å². The first-order valence-corrected chi connectivity index (χ1v) is 4.11. The predicted octanol–water partition coefficient (Wildman–Crippen LogP) is 2.09. The summed E-state index contributed by atoms with van der Waals surface area (Å²) in [5, 5.41) is 9.34. The zero-order valence-electron chi connectivity index (χ0n) is 6.88. The minimum absolute atomic E-state index is 0. The fourth-order valence-electron chi connectivity index (χ4n) is 1.09. The fraction of sp³-hybridized carbons (Fsp3) is 0.400. The van der Waals surface area contributed by atoms with Crippen molar-refractivity contribution in [1.82, 2.24) is 0 Å². The molecule has 0 unspecified atom stereocenters. The molecular weight excluding hydrogens is 175 g/mol. The van der Waals surface area contributed by atoms with Crippen LogP contribution in [-0.4, -0.2) is 56.5 Å². The molecule has 0 aliphatic rings. The van der Waals surface area contributed by atoms with Gasteiger partial charge < -0.3 is 5.11 Å². The van der Waals surface area contributed by atoms with Gasteiger partial charge in [-0.15, -0.1) is 0 Å². The van der Waals surface area contributed by atoms with Crippen molar-refractivity contribution in [2.75, 3.05) is 0 Å². The molecule has 0 aromatic heterocycles. The normalized spacial score (nSPS) is 9.08. The van der Waals surface area contributed by atoms with Crippen molar-refractivity contribution in [3.63, 3.8) is 0 Å². The molecule has 0 heterocycles. The van der Waals surface area contributed by atoms with Crippen LogP contribution in [0.2, 0.25) is 0 Å². The maximum atomic E-state index is 9.34. The van der Waals surface area contributed by atoms with Crippen LogP contribution < -0.4 is 0 Å². The second-order valence-electron chi connectivity index (χ2n) is 2.73. The van der Waals surface area contributed by atoms with Crippen molar-refractivity contribution in [1.29, 1.82) is 0 Å². The average molecular weight is 190 g/mol. The number of benzene rings is 1. The SMILES string of the molecule is CCCCc1ccccc1O.[KH]. The molecule has 0 atom stereocenters. The van der Waals surface area contributed by atoms with Crippen LogP contribution in [0, 0.1) is 0 Å². The van der Waals surface area contributed by atoms with Crippen molar-refractivity contribution in [3.05, 3.63) is 29.8 Å². The maximum absolute atomic E-state index is 9.34. The molecule has 0 spiro atoms. The van der Waals surface area contributed by atoms with Crippen LogP contribution in [0.1, 0.15) is 25.3 Å². The summed E-state index contributed by atoms with van der Waals surface area (Å²) in [7, 11) is 0. The van der Waals surface area contributed by atoms with E-state index in [-0.39, 0.29) is 51.4 Å². The molecule has 0 radical (unpaired) electrons. The van der Waals surface area contributed by atoms with E-state index in [1.807, 2.05) is 18.2 Å². The van der Waals surface area contributed by atoms with Gasteiger partial charge in [-0.25, -0.2) is 0 Å². The van der Waals surface area contributed by atoms with Crippen LogP contribution in [0.4, 0.5) is 0 Å². The molecular formula is C10H15KO. The van der Waals surface area contributed by atoms with E-state index in [4.69, 9.17) is 0 Å². The van der Waals surface area contributed by atoms with Gasteiger partial charge in [-0.2, -0.15) is 0 Å². The van der Waals surface area contributed by atoms with Gasteiger partial charge in [0.05, 0.1) is 0 Å². The summed E-state index contributed by atoms with van der Waals surface area (Å²) >= 11 is 0. The zero-order chi connectivity index (χ0) is 8.10. The Morgan fingerprint density at radius 3 is 2.50 bits per heavy atom. The van der Waals surface area contributed by atoms with Gasteiger partial charge in [-0.1, -0.05) is 31.5 Å². The summed E-state index contributed by atoms with van der Waals surface area (Å²) in [6.45, 7) is 2.15. The molecule has 0 amide bonds. The third-order valence-electron chi connectivity index (χ3n) is 1.79. The molecule has 2 heteroatoms.